The van der Waals surface area contributed by atoms with E-state index in [4.69, 9.17) is 7.11 Å². The van der Waals surface area contributed by atoms with E-state index in [-0.39, 0.29) is 6.61 Å². The van der Waals surface area contributed by atoms with E-state index in [9.17, 15) is 0 Å². The van der Waals surface area contributed by atoms with Crippen LogP contribution in [0.15, 0.2) is 0 Å². The van der Waals surface area contributed by atoms with Crippen molar-refractivity contribution in [2.75, 3.05) is 6.61 Å². The quantitative estimate of drug-likeness (QED) is 0.675. The number of hydrogen-bond donors (Lipinski definition) is 0. The SMILES string of the molecule is [C]OCC(Br)(Br)Br. The van der Waals surface area contributed by atoms with Gasteiger partial charge in [0.05, 0.1) is 6.61 Å². The molecule has 0 aliphatic heterocycles. The van der Waals surface area contributed by atoms with Crippen LogP contribution in [0.1, 0.15) is 0 Å². The summed E-state index contributed by atoms with van der Waals surface area (Å²) in [4.78, 5) is 0. The average molecular weight is 294 g/mol. The van der Waals surface area contributed by atoms with E-state index in [0.29, 0.717) is 0 Å². The predicted octanol–water partition coefficient (Wildman–Crippen LogP) is 2.39. The van der Waals surface area contributed by atoms with Gasteiger partial charge in [0, 0.05) is 0 Å². The third-order valence-electron chi connectivity index (χ3n) is 0.236. The molecule has 0 saturated carbocycles. The normalized spacial score (nSPS) is 12.0. The molecule has 3 radical (unpaired) electrons. The molecule has 4 heteroatoms. The predicted molar refractivity (Wildman–Crippen MR) is 38.7 cm³/mol. The molecular weight excluding hydrogens is 292 g/mol. The molecule has 0 bridgehead atoms. The van der Waals surface area contributed by atoms with Crippen LogP contribution in [0.25, 0.3) is 0 Å². The first-order valence-corrected chi connectivity index (χ1v) is 3.79. The molecule has 0 N–H and O–H groups in total. The molecule has 0 spiro atoms. The van der Waals surface area contributed by atoms with Crippen molar-refractivity contribution in [2.45, 2.75) is 2.14 Å². The molecule has 41 valence electrons. The maximum atomic E-state index is 6.27. The van der Waals surface area contributed by atoms with Crippen molar-refractivity contribution in [3.8, 4) is 0 Å². The van der Waals surface area contributed by atoms with Gasteiger partial charge in [-0.1, -0.05) is 47.8 Å². The van der Waals surface area contributed by atoms with E-state index in [1.54, 1.807) is 0 Å². The van der Waals surface area contributed by atoms with Gasteiger partial charge in [0.15, 0.2) is 9.25 Å². The Labute approximate surface area is 68.2 Å². The molecule has 0 unspecified atom stereocenters. The summed E-state index contributed by atoms with van der Waals surface area (Å²) in [6, 6.07) is 0. The Morgan fingerprint density at radius 1 is 1.43 bits per heavy atom. The van der Waals surface area contributed by atoms with E-state index in [0.717, 1.165) is 0 Å². The zero-order chi connectivity index (χ0) is 5.91. The molecule has 0 aromatic carbocycles. The van der Waals surface area contributed by atoms with Crippen molar-refractivity contribution in [2.24, 2.45) is 0 Å². The molecular formula is C3H2Br3O. The first-order valence-electron chi connectivity index (χ1n) is 1.41. The number of rotatable bonds is 1. The highest BCUT2D eigenvalue weighted by Crippen LogP contribution is 2.33. The Balaban J connectivity index is 3.15. The second kappa shape index (κ2) is 3.43. The summed E-state index contributed by atoms with van der Waals surface area (Å²) in [6.07, 6.45) is 0. The fourth-order valence-corrected chi connectivity index (χ4v) is 0.425. The van der Waals surface area contributed by atoms with Crippen LogP contribution in [-0.2, 0) is 4.74 Å². The lowest BCUT2D eigenvalue weighted by Gasteiger charge is -2.07. The molecule has 0 atom stereocenters. The fourth-order valence-electron chi connectivity index (χ4n) is 0.0818. The van der Waals surface area contributed by atoms with Gasteiger partial charge in [0.2, 0.25) is 0 Å². The van der Waals surface area contributed by atoms with E-state index in [1.165, 1.54) is 0 Å². The molecule has 0 fully saturated rings. The Morgan fingerprint density at radius 3 is 1.86 bits per heavy atom. The van der Waals surface area contributed by atoms with Crippen molar-refractivity contribution < 1.29 is 4.74 Å². The van der Waals surface area contributed by atoms with Gasteiger partial charge < -0.3 is 4.74 Å². The van der Waals surface area contributed by atoms with Crippen LogP contribution >= 0.6 is 47.8 Å². The lowest BCUT2D eigenvalue weighted by molar-refractivity contribution is 0.257. The summed E-state index contributed by atoms with van der Waals surface area (Å²) in [7, 11) is 6.27. The Bertz CT molecular complexity index is 48.6. The van der Waals surface area contributed by atoms with E-state index in [1.807, 2.05) is 0 Å². The molecule has 0 saturated heterocycles. The minimum atomic E-state index is -0.422. The van der Waals surface area contributed by atoms with Crippen LogP contribution in [-0.4, -0.2) is 8.75 Å². The fraction of sp³-hybridized carbons (Fsp3) is 0.667. The second-order valence-electron chi connectivity index (χ2n) is 0.904. The lowest BCUT2D eigenvalue weighted by atomic mass is 10.9. The van der Waals surface area contributed by atoms with Gasteiger partial charge in [-0.3, -0.25) is 0 Å². The lowest BCUT2D eigenvalue weighted by Crippen LogP contribution is -2.06. The standard InChI is InChI=1S/C3H2Br3O/c1-7-2-3(4,5)6/h2H2. The van der Waals surface area contributed by atoms with Crippen molar-refractivity contribution in [3.05, 3.63) is 7.11 Å². The van der Waals surface area contributed by atoms with Crippen molar-refractivity contribution in [1.82, 2.24) is 0 Å². The zero-order valence-electron chi connectivity index (χ0n) is 3.25. The van der Waals surface area contributed by atoms with Gasteiger partial charge in [-0.25, -0.2) is 0 Å². The van der Waals surface area contributed by atoms with Gasteiger partial charge >= 0.3 is 0 Å². The maximum Gasteiger partial charge on any atom is 0.173 e. The minimum Gasteiger partial charge on any atom is -0.362 e. The zero-order valence-corrected chi connectivity index (χ0v) is 8.01. The first-order chi connectivity index (χ1) is 3.06. The van der Waals surface area contributed by atoms with Gasteiger partial charge in [-0.15, -0.1) is 0 Å². The van der Waals surface area contributed by atoms with Crippen LogP contribution < -0.4 is 0 Å². The summed E-state index contributed by atoms with van der Waals surface area (Å²) in [6.45, 7) is 0.257. The third kappa shape index (κ3) is 7.40. The largest absolute Gasteiger partial charge is 0.362 e. The van der Waals surface area contributed by atoms with Crippen LogP contribution in [0.5, 0.6) is 0 Å². The van der Waals surface area contributed by atoms with Crippen molar-refractivity contribution in [3.63, 3.8) is 0 Å². The van der Waals surface area contributed by atoms with Gasteiger partial charge in [0.25, 0.3) is 0 Å². The van der Waals surface area contributed by atoms with Crippen LogP contribution in [0, 0.1) is 7.11 Å². The molecule has 0 aromatic rings. The molecule has 0 aliphatic rings. The summed E-state index contributed by atoms with van der Waals surface area (Å²) >= 11 is 9.38. The summed E-state index contributed by atoms with van der Waals surface area (Å²) < 4.78 is 3.59. The molecule has 0 aliphatic carbocycles. The molecule has 0 amide bonds. The molecule has 1 nitrogen and oxygen atoms in total. The topological polar surface area (TPSA) is 9.23 Å². The monoisotopic (exact) mass is 291 g/mol. The number of alkyl halides is 3. The number of ether oxygens (including phenoxy) is 1. The second-order valence-corrected chi connectivity index (χ2v) is 8.16. The van der Waals surface area contributed by atoms with Gasteiger partial charge in [-0.2, -0.15) is 0 Å². The highest BCUT2D eigenvalue weighted by atomic mass is 80.0. The van der Waals surface area contributed by atoms with Crippen molar-refractivity contribution >= 4 is 47.8 Å². The average Bonchev–Trinajstić information content (AvgIpc) is 1.30. The van der Waals surface area contributed by atoms with E-state index >= 15 is 0 Å². The van der Waals surface area contributed by atoms with E-state index < -0.39 is 2.14 Å². The highest BCUT2D eigenvalue weighted by molar-refractivity contribution is 9.39. The smallest absolute Gasteiger partial charge is 0.173 e. The Hall–Kier alpha value is 1.40. The van der Waals surface area contributed by atoms with E-state index in [2.05, 4.69) is 52.5 Å². The Kier molecular flexibility index (Phi) is 4.12. The molecule has 0 heterocycles. The molecule has 0 rings (SSSR count). The molecule has 0 aromatic heterocycles. The van der Waals surface area contributed by atoms with Crippen LogP contribution in [0.4, 0.5) is 0 Å². The number of hydrogen-bond acceptors (Lipinski definition) is 1. The van der Waals surface area contributed by atoms with Gasteiger partial charge in [-0.05, 0) is 0 Å². The van der Waals surface area contributed by atoms with Crippen LogP contribution in [0.3, 0.4) is 0 Å². The first kappa shape index (κ1) is 8.40. The van der Waals surface area contributed by atoms with Crippen molar-refractivity contribution in [1.29, 1.82) is 0 Å². The third-order valence-corrected chi connectivity index (χ3v) is 0.923. The Morgan fingerprint density at radius 2 is 1.86 bits per heavy atom. The maximum absolute atomic E-state index is 6.27. The summed E-state index contributed by atoms with van der Waals surface area (Å²) in [5.41, 5.74) is 0. The minimum absolute atomic E-state index is 0.257. The van der Waals surface area contributed by atoms with Crippen LogP contribution in [0.2, 0.25) is 0 Å². The number of halogens is 3. The van der Waals surface area contributed by atoms with Gasteiger partial charge in [0.1, 0.15) is 0 Å². The molecule has 7 heavy (non-hydrogen) atoms. The summed E-state index contributed by atoms with van der Waals surface area (Å²) in [5.74, 6) is 0. The summed E-state index contributed by atoms with van der Waals surface area (Å²) in [5, 5.41) is 0. The highest BCUT2D eigenvalue weighted by Gasteiger charge is 2.15.